The van der Waals surface area contributed by atoms with Gasteiger partial charge in [0.2, 0.25) is 0 Å². The Hall–Kier alpha value is -2.12. The molecule has 29 heavy (non-hydrogen) atoms. The molecule has 0 radical (unpaired) electrons. The number of aryl methyl sites for hydroxylation is 3. The molecule has 3 rings (SSSR count). The van der Waals surface area contributed by atoms with Crippen molar-refractivity contribution in [2.45, 2.75) is 33.4 Å². The van der Waals surface area contributed by atoms with Crippen molar-refractivity contribution in [2.24, 2.45) is 0 Å². The van der Waals surface area contributed by atoms with Crippen LogP contribution in [0.3, 0.4) is 0 Å². The van der Waals surface area contributed by atoms with Gasteiger partial charge >= 0.3 is 0 Å². The number of hydrogen-bond donors (Lipinski definition) is 0. The second-order valence-corrected chi connectivity index (χ2v) is 8.46. The summed E-state index contributed by atoms with van der Waals surface area (Å²) in [6.45, 7) is 4.76. The summed E-state index contributed by atoms with van der Waals surface area (Å²) in [5.41, 5.74) is 4.58. The van der Waals surface area contributed by atoms with Gasteiger partial charge in [-0.3, -0.25) is 9.59 Å². The van der Waals surface area contributed by atoms with Gasteiger partial charge < -0.3 is 9.30 Å². The van der Waals surface area contributed by atoms with Crippen LogP contribution in [0.15, 0.2) is 53.3 Å². The van der Waals surface area contributed by atoms with E-state index in [1.807, 2.05) is 59.8 Å². The van der Waals surface area contributed by atoms with Crippen molar-refractivity contribution < 1.29 is 9.53 Å². The molecule has 0 N–H and O–H groups in total. The lowest BCUT2D eigenvalue weighted by molar-refractivity contribution is 0.112. The monoisotopic (exact) mass is 521 g/mol. The Bertz CT molecular complexity index is 1090. The largest absolute Gasteiger partial charge is 0.487 e. The topological polar surface area (TPSA) is 48.3 Å². The predicted molar refractivity (Wildman–Crippen MR) is 124 cm³/mol. The van der Waals surface area contributed by atoms with Crippen molar-refractivity contribution in [3.05, 3.63) is 95.4 Å². The van der Waals surface area contributed by atoms with Crippen molar-refractivity contribution in [3.63, 3.8) is 0 Å². The highest BCUT2D eigenvalue weighted by molar-refractivity contribution is 14.1. The van der Waals surface area contributed by atoms with Gasteiger partial charge in [-0.05, 0) is 77.7 Å². The molecule has 0 fully saturated rings. The summed E-state index contributed by atoms with van der Waals surface area (Å²) in [6, 6.07) is 14.9. The van der Waals surface area contributed by atoms with Crippen molar-refractivity contribution in [3.8, 4) is 5.75 Å². The molecule has 0 aliphatic heterocycles. The van der Waals surface area contributed by atoms with Crippen LogP contribution in [0.2, 0.25) is 5.02 Å². The Balaban J connectivity index is 1.83. The van der Waals surface area contributed by atoms with Crippen LogP contribution in [0.5, 0.6) is 5.75 Å². The van der Waals surface area contributed by atoms with Gasteiger partial charge in [0.05, 0.1) is 14.3 Å². The number of rotatable bonds is 7. The van der Waals surface area contributed by atoms with Crippen LogP contribution >= 0.6 is 34.2 Å². The molecule has 6 heteroatoms. The Kier molecular flexibility index (Phi) is 7.14. The standard InChI is InChI=1S/C23H21ClINO3/c1-15-3-8-19(11-16(15)2)29-14-22-20(24)12-21(25)23(28)26(22)10-9-17-4-6-18(13-27)7-5-17/h3-8,11-13H,9-10,14H2,1-2H3. The Morgan fingerprint density at radius 3 is 2.45 bits per heavy atom. The lowest BCUT2D eigenvalue weighted by Crippen LogP contribution is -2.27. The molecule has 150 valence electrons. The first-order chi connectivity index (χ1) is 13.9. The number of pyridine rings is 1. The molecular weight excluding hydrogens is 501 g/mol. The van der Waals surface area contributed by atoms with Crippen LogP contribution in [0.1, 0.15) is 32.7 Å². The average Bonchev–Trinajstić information content (AvgIpc) is 2.71. The SMILES string of the molecule is Cc1ccc(OCc2c(Cl)cc(I)c(=O)n2CCc2ccc(C=O)cc2)cc1C. The second kappa shape index (κ2) is 9.59. The molecule has 3 aromatic rings. The fourth-order valence-electron chi connectivity index (χ4n) is 2.98. The third kappa shape index (κ3) is 5.28. The number of hydrogen-bond acceptors (Lipinski definition) is 3. The molecule has 0 atom stereocenters. The Labute approximate surface area is 188 Å². The van der Waals surface area contributed by atoms with E-state index in [9.17, 15) is 9.59 Å². The van der Waals surface area contributed by atoms with Crippen LogP contribution < -0.4 is 10.3 Å². The molecule has 0 bridgehead atoms. The zero-order chi connectivity index (χ0) is 21.0. The minimum absolute atomic E-state index is 0.0850. The third-order valence-electron chi connectivity index (χ3n) is 4.90. The number of aldehydes is 1. The van der Waals surface area contributed by atoms with E-state index in [-0.39, 0.29) is 12.2 Å². The van der Waals surface area contributed by atoms with Crippen molar-refractivity contribution in [2.75, 3.05) is 0 Å². The molecule has 0 spiro atoms. The molecule has 0 aliphatic carbocycles. The summed E-state index contributed by atoms with van der Waals surface area (Å²) in [5, 5.41) is 0.508. The summed E-state index contributed by atoms with van der Waals surface area (Å²) >= 11 is 8.47. The fraction of sp³-hybridized carbons (Fsp3) is 0.217. The molecule has 0 saturated carbocycles. The second-order valence-electron chi connectivity index (χ2n) is 6.89. The smallest absolute Gasteiger partial charge is 0.264 e. The summed E-state index contributed by atoms with van der Waals surface area (Å²) < 4.78 is 8.19. The van der Waals surface area contributed by atoms with Gasteiger partial charge in [0, 0.05) is 12.1 Å². The maximum Gasteiger partial charge on any atom is 0.264 e. The van der Waals surface area contributed by atoms with E-state index in [0.717, 1.165) is 23.2 Å². The number of benzene rings is 2. The van der Waals surface area contributed by atoms with Crippen LogP contribution in [0, 0.1) is 17.4 Å². The van der Waals surface area contributed by atoms with Gasteiger partial charge in [-0.15, -0.1) is 0 Å². The Morgan fingerprint density at radius 2 is 1.79 bits per heavy atom. The number of halogens is 2. The average molecular weight is 522 g/mol. The molecule has 1 aromatic heterocycles. The van der Waals surface area contributed by atoms with E-state index in [4.69, 9.17) is 16.3 Å². The number of aromatic nitrogens is 1. The highest BCUT2D eigenvalue weighted by atomic mass is 127. The van der Waals surface area contributed by atoms with Gasteiger partial charge in [-0.2, -0.15) is 0 Å². The highest BCUT2D eigenvalue weighted by Gasteiger charge is 2.14. The molecule has 0 unspecified atom stereocenters. The molecule has 2 aromatic carbocycles. The maximum atomic E-state index is 12.8. The van der Waals surface area contributed by atoms with Crippen molar-refractivity contribution in [1.82, 2.24) is 4.57 Å². The Morgan fingerprint density at radius 1 is 1.07 bits per heavy atom. The molecular formula is C23H21ClINO3. The minimum atomic E-state index is -0.0850. The van der Waals surface area contributed by atoms with Gasteiger partial charge in [0.1, 0.15) is 18.6 Å². The number of ether oxygens (including phenoxy) is 1. The molecule has 1 heterocycles. The first kappa shape index (κ1) is 21.6. The van der Waals surface area contributed by atoms with E-state index in [1.54, 1.807) is 22.8 Å². The van der Waals surface area contributed by atoms with Gasteiger partial charge in [0.15, 0.2) is 0 Å². The number of carbonyl (C=O) groups is 1. The zero-order valence-corrected chi connectivity index (χ0v) is 19.2. The predicted octanol–water partition coefficient (Wildman–Crippen LogP) is 5.36. The van der Waals surface area contributed by atoms with Gasteiger partial charge in [0.25, 0.3) is 5.56 Å². The van der Waals surface area contributed by atoms with Crippen LogP contribution in [0.4, 0.5) is 0 Å². The summed E-state index contributed by atoms with van der Waals surface area (Å²) in [5.74, 6) is 0.742. The molecule has 0 aliphatic rings. The van der Waals surface area contributed by atoms with E-state index < -0.39 is 0 Å². The number of carbonyl (C=O) groups excluding carboxylic acids is 1. The van der Waals surface area contributed by atoms with E-state index in [0.29, 0.717) is 32.8 Å². The quantitative estimate of drug-likeness (QED) is 0.311. The van der Waals surface area contributed by atoms with Crippen LogP contribution in [-0.4, -0.2) is 10.9 Å². The molecule has 0 saturated heterocycles. The lowest BCUT2D eigenvalue weighted by atomic mass is 10.1. The molecule has 4 nitrogen and oxygen atoms in total. The minimum Gasteiger partial charge on any atom is -0.487 e. The summed E-state index contributed by atoms with van der Waals surface area (Å²) in [7, 11) is 0. The fourth-order valence-corrected chi connectivity index (χ4v) is 4.03. The first-order valence-corrected chi connectivity index (χ1v) is 10.7. The van der Waals surface area contributed by atoms with Gasteiger partial charge in [-0.1, -0.05) is 41.9 Å². The van der Waals surface area contributed by atoms with Crippen LogP contribution in [-0.2, 0) is 19.6 Å². The van der Waals surface area contributed by atoms with Crippen LogP contribution in [0.25, 0.3) is 0 Å². The first-order valence-electron chi connectivity index (χ1n) is 9.21. The van der Waals surface area contributed by atoms with E-state index in [1.165, 1.54) is 5.56 Å². The van der Waals surface area contributed by atoms with Gasteiger partial charge in [-0.25, -0.2) is 0 Å². The van der Waals surface area contributed by atoms with E-state index in [2.05, 4.69) is 6.92 Å². The van der Waals surface area contributed by atoms with Crippen molar-refractivity contribution in [1.29, 1.82) is 0 Å². The lowest BCUT2D eigenvalue weighted by Gasteiger charge is -2.16. The summed E-state index contributed by atoms with van der Waals surface area (Å²) in [6.07, 6.45) is 1.46. The third-order valence-corrected chi connectivity index (χ3v) is 6.00. The normalized spacial score (nSPS) is 10.8. The van der Waals surface area contributed by atoms with Crippen molar-refractivity contribution >= 4 is 40.5 Å². The molecule has 0 amide bonds. The summed E-state index contributed by atoms with van der Waals surface area (Å²) in [4.78, 5) is 23.6. The number of nitrogens with zero attached hydrogens (tertiary/aromatic N) is 1. The zero-order valence-electron chi connectivity index (χ0n) is 16.2. The van der Waals surface area contributed by atoms with E-state index >= 15 is 0 Å². The highest BCUT2D eigenvalue weighted by Crippen LogP contribution is 2.22. The maximum absolute atomic E-state index is 12.8.